The molecule has 0 aliphatic rings. The Morgan fingerprint density at radius 3 is 2.63 bits per heavy atom. The van der Waals surface area contributed by atoms with Crippen molar-refractivity contribution in [2.45, 2.75) is 25.6 Å². The van der Waals surface area contributed by atoms with Crippen LogP contribution < -0.4 is 9.47 Å². The van der Waals surface area contributed by atoms with Crippen LogP contribution in [-0.2, 0) is 13.0 Å². The summed E-state index contributed by atoms with van der Waals surface area (Å²) < 4.78 is 53.7. The Balaban J connectivity index is 1.69. The summed E-state index contributed by atoms with van der Waals surface area (Å²) in [5.74, 6) is 1.83. The second-order valence-electron chi connectivity index (χ2n) is 5.74. The Kier molecular flexibility index (Phi) is 5.33. The van der Waals surface area contributed by atoms with Crippen LogP contribution in [0.1, 0.15) is 17.8 Å². The number of aromatic nitrogens is 4. The van der Waals surface area contributed by atoms with Crippen molar-refractivity contribution in [2.24, 2.45) is 0 Å². The van der Waals surface area contributed by atoms with Crippen molar-refractivity contribution in [2.75, 3.05) is 14.2 Å². The van der Waals surface area contributed by atoms with Gasteiger partial charge in [-0.3, -0.25) is 4.68 Å². The molecule has 0 aliphatic carbocycles. The van der Waals surface area contributed by atoms with Gasteiger partial charge in [0.2, 0.25) is 0 Å². The number of ether oxygens (including phenoxy) is 2. The molecule has 3 rings (SSSR count). The average Bonchev–Trinajstić information content (AvgIpc) is 3.28. The van der Waals surface area contributed by atoms with Gasteiger partial charge in [0.15, 0.2) is 17.3 Å². The SMILES string of the molecule is COc1ccc(Cc2noc(-c3cnn(CCC(F)(F)F)c3)n2)cc1OC. The standard InChI is InChI=1S/C17H17F3N4O3/c1-25-13-4-3-11(7-14(13)26-2)8-15-22-16(27-23-15)12-9-21-24(10-12)6-5-17(18,19)20/h3-4,7,9-10H,5-6,8H2,1-2H3. The molecule has 3 aromatic rings. The van der Waals surface area contributed by atoms with E-state index in [9.17, 15) is 13.2 Å². The number of alkyl halides is 3. The third-order valence-electron chi connectivity index (χ3n) is 3.78. The molecule has 7 nitrogen and oxygen atoms in total. The molecule has 0 aliphatic heterocycles. The van der Waals surface area contributed by atoms with E-state index in [1.54, 1.807) is 20.3 Å². The maximum Gasteiger partial charge on any atom is 0.390 e. The van der Waals surface area contributed by atoms with Gasteiger partial charge in [0.1, 0.15) is 0 Å². The van der Waals surface area contributed by atoms with E-state index in [4.69, 9.17) is 14.0 Å². The number of methoxy groups -OCH3 is 2. The van der Waals surface area contributed by atoms with E-state index in [1.807, 2.05) is 12.1 Å². The lowest BCUT2D eigenvalue weighted by Crippen LogP contribution is -2.12. The van der Waals surface area contributed by atoms with Crippen LogP contribution in [0.4, 0.5) is 13.2 Å². The topological polar surface area (TPSA) is 75.2 Å². The largest absolute Gasteiger partial charge is 0.493 e. The summed E-state index contributed by atoms with van der Waals surface area (Å²) >= 11 is 0. The molecule has 0 amide bonds. The summed E-state index contributed by atoms with van der Waals surface area (Å²) in [5, 5.41) is 7.79. The van der Waals surface area contributed by atoms with Crippen LogP contribution in [0.3, 0.4) is 0 Å². The monoisotopic (exact) mass is 382 g/mol. The number of nitrogens with zero attached hydrogens (tertiary/aromatic N) is 4. The van der Waals surface area contributed by atoms with Gasteiger partial charge in [-0.25, -0.2) is 0 Å². The van der Waals surface area contributed by atoms with E-state index in [1.165, 1.54) is 17.1 Å². The van der Waals surface area contributed by atoms with Crippen LogP contribution in [0.25, 0.3) is 11.5 Å². The quantitative estimate of drug-likeness (QED) is 0.623. The molecule has 144 valence electrons. The molecule has 0 saturated heterocycles. The molecule has 0 radical (unpaired) electrons. The fraction of sp³-hybridized carbons (Fsp3) is 0.353. The molecule has 0 bridgehead atoms. The van der Waals surface area contributed by atoms with Gasteiger partial charge in [-0.15, -0.1) is 0 Å². The first kappa shape index (κ1) is 18.7. The lowest BCUT2D eigenvalue weighted by Gasteiger charge is -2.08. The highest BCUT2D eigenvalue weighted by Crippen LogP contribution is 2.28. The van der Waals surface area contributed by atoms with Crippen molar-refractivity contribution in [3.63, 3.8) is 0 Å². The highest BCUT2D eigenvalue weighted by atomic mass is 19.4. The van der Waals surface area contributed by atoms with Crippen molar-refractivity contribution in [3.05, 3.63) is 42.0 Å². The van der Waals surface area contributed by atoms with Gasteiger partial charge >= 0.3 is 6.18 Å². The molecule has 1 aromatic carbocycles. The van der Waals surface area contributed by atoms with E-state index in [-0.39, 0.29) is 12.4 Å². The van der Waals surface area contributed by atoms with E-state index in [0.717, 1.165) is 5.56 Å². The van der Waals surface area contributed by atoms with E-state index in [0.29, 0.717) is 29.3 Å². The summed E-state index contributed by atoms with van der Waals surface area (Å²) in [5.41, 5.74) is 1.35. The minimum absolute atomic E-state index is 0.198. The molecule has 0 N–H and O–H groups in total. The summed E-state index contributed by atoms with van der Waals surface area (Å²) in [7, 11) is 3.10. The first-order valence-corrected chi connectivity index (χ1v) is 8.01. The zero-order valence-corrected chi connectivity index (χ0v) is 14.7. The molecule has 0 saturated carbocycles. The third kappa shape index (κ3) is 4.78. The van der Waals surface area contributed by atoms with Gasteiger partial charge < -0.3 is 14.0 Å². The maximum absolute atomic E-state index is 12.3. The normalized spacial score (nSPS) is 11.6. The van der Waals surface area contributed by atoms with Gasteiger partial charge in [0, 0.05) is 19.2 Å². The summed E-state index contributed by atoms with van der Waals surface area (Å²) in [6, 6.07) is 5.44. The Morgan fingerprint density at radius 2 is 1.93 bits per heavy atom. The smallest absolute Gasteiger partial charge is 0.390 e. The average molecular weight is 382 g/mol. The molecule has 0 fully saturated rings. The second kappa shape index (κ2) is 7.68. The minimum atomic E-state index is -4.23. The minimum Gasteiger partial charge on any atom is -0.493 e. The summed E-state index contributed by atoms with van der Waals surface area (Å²) in [4.78, 5) is 4.27. The molecule has 10 heteroatoms. The van der Waals surface area contributed by atoms with Crippen molar-refractivity contribution < 1.29 is 27.2 Å². The molecule has 2 heterocycles. The van der Waals surface area contributed by atoms with Gasteiger partial charge in [-0.05, 0) is 17.7 Å². The van der Waals surface area contributed by atoms with Crippen LogP contribution in [0.5, 0.6) is 11.5 Å². The number of benzene rings is 1. The maximum atomic E-state index is 12.3. The molecule has 27 heavy (non-hydrogen) atoms. The summed E-state index contributed by atoms with van der Waals surface area (Å²) in [6.07, 6.45) is -1.96. The Labute approximate surface area is 152 Å². The van der Waals surface area contributed by atoms with Crippen LogP contribution >= 0.6 is 0 Å². The van der Waals surface area contributed by atoms with Crippen LogP contribution in [0.15, 0.2) is 35.1 Å². The molecule has 0 atom stereocenters. The van der Waals surface area contributed by atoms with Crippen LogP contribution in [-0.4, -0.2) is 40.3 Å². The van der Waals surface area contributed by atoms with Gasteiger partial charge in [0.05, 0.1) is 32.4 Å². The Morgan fingerprint density at radius 1 is 1.15 bits per heavy atom. The second-order valence-corrected chi connectivity index (χ2v) is 5.74. The Hall–Kier alpha value is -3.04. The number of rotatable bonds is 7. The molecular formula is C17H17F3N4O3. The fourth-order valence-electron chi connectivity index (χ4n) is 2.45. The molecule has 0 spiro atoms. The predicted molar refractivity (Wildman–Crippen MR) is 88.5 cm³/mol. The van der Waals surface area contributed by atoms with Crippen LogP contribution in [0, 0.1) is 0 Å². The number of halogens is 3. The zero-order chi connectivity index (χ0) is 19.4. The van der Waals surface area contributed by atoms with E-state index >= 15 is 0 Å². The summed E-state index contributed by atoms with van der Waals surface area (Å²) in [6.45, 7) is -0.268. The highest BCUT2D eigenvalue weighted by Gasteiger charge is 2.27. The Bertz CT molecular complexity index is 905. The first-order chi connectivity index (χ1) is 12.9. The molecule has 2 aromatic heterocycles. The number of hydrogen-bond donors (Lipinski definition) is 0. The first-order valence-electron chi connectivity index (χ1n) is 8.01. The van der Waals surface area contributed by atoms with Crippen molar-refractivity contribution in [1.82, 2.24) is 19.9 Å². The predicted octanol–water partition coefficient (Wildman–Crippen LogP) is 3.49. The highest BCUT2D eigenvalue weighted by molar-refractivity contribution is 5.49. The third-order valence-corrected chi connectivity index (χ3v) is 3.78. The molecular weight excluding hydrogens is 365 g/mol. The number of aryl methyl sites for hydroxylation is 1. The van der Waals surface area contributed by atoms with Crippen LogP contribution in [0.2, 0.25) is 0 Å². The zero-order valence-electron chi connectivity index (χ0n) is 14.7. The lowest BCUT2D eigenvalue weighted by atomic mass is 10.1. The number of hydrogen-bond acceptors (Lipinski definition) is 6. The van der Waals surface area contributed by atoms with Gasteiger partial charge in [-0.1, -0.05) is 11.2 Å². The van der Waals surface area contributed by atoms with E-state index in [2.05, 4.69) is 15.2 Å². The van der Waals surface area contributed by atoms with Crippen molar-refractivity contribution >= 4 is 0 Å². The molecule has 0 unspecified atom stereocenters. The van der Waals surface area contributed by atoms with Crippen molar-refractivity contribution in [1.29, 1.82) is 0 Å². The lowest BCUT2D eigenvalue weighted by molar-refractivity contribution is -0.137. The van der Waals surface area contributed by atoms with Crippen molar-refractivity contribution in [3.8, 4) is 23.0 Å². The van der Waals surface area contributed by atoms with Gasteiger partial charge in [-0.2, -0.15) is 23.3 Å². The van der Waals surface area contributed by atoms with Gasteiger partial charge in [0.25, 0.3) is 5.89 Å². The fourth-order valence-corrected chi connectivity index (χ4v) is 2.45. The van der Waals surface area contributed by atoms with E-state index < -0.39 is 12.6 Å².